The van der Waals surface area contributed by atoms with Crippen molar-refractivity contribution in [3.05, 3.63) is 6.92 Å². The Morgan fingerprint density at radius 3 is 1.12 bits per heavy atom. The summed E-state index contributed by atoms with van der Waals surface area (Å²) in [5, 5.41) is 0. The van der Waals surface area contributed by atoms with Crippen LogP contribution in [0.3, 0.4) is 0 Å². The molecule has 0 saturated carbocycles. The Hall–Kier alpha value is 0.290. The van der Waals surface area contributed by atoms with Crippen LogP contribution in [0, 0.1) is 6.92 Å². The minimum atomic E-state index is 0. The predicted molar refractivity (Wildman–Crippen MR) is 82.9 cm³/mol. The molecule has 0 aromatic rings. The van der Waals surface area contributed by atoms with Crippen molar-refractivity contribution in [2.75, 3.05) is 0 Å². The smallest absolute Gasteiger partial charge is 0.0533 e. The van der Waals surface area contributed by atoms with Crippen LogP contribution in [0.2, 0.25) is 0 Å². The van der Waals surface area contributed by atoms with Gasteiger partial charge in [0, 0.05) is 0 Å². The maximum Gasteiger partial charge on any atom is -0.0533 e. The van der Waals surface area contributed by atoms with E-state index in [0.29, 0.717) is 0 Å². The van der Waals surface area contributed by atoms with E-state index in [4.69, 9.17) is 0 Å². The monoisotopic (exact) mass is 261 g/mol. The van der Waals surface area contributed by atoms with Gasteiger partial charge in [-0.05, 0) is 0 Å². The first-order valence-electron chi connectivity index (χ1n) is 7.71. The summed E-state index contributed by atoms with van der Waals surface area (Å²) in [6.45, 7) is 6.16. The fourth-order valence-corrected chi connectivity index (χ4v) is 2.19. The molecule has 0 saturated heterocycles. The van der Waals surface area contributed by atoms with Crippen LogP contribution >= 0.6 is 12.4 Å². The molecule has 0 aromatic carbocycles. The molecule has 0 N–H and O–H groups in total. The summed E-state index contributed by atoms with van der Waals surface area (Å²) in [5.74, 6) is 0. The second-order valence-corrected chi connectivity index (χ2v) is 5.10. The van der Waals surface area contributed by atoms with Crippen LogP contribution in [0.4, 0.5) is 0 Å². The normalized spacial score (nSPS) is 10.2. The third-order valence-electron chi connectivity index (χ3n) is 3.35. The highest BCUT2D eigenvalue weighted by Crippen LogP contribution is 2.12. The Labute approximate surface area is 116 Å². The zero-order valence-corrected chi connectivity index (χ0v) is 12.8. The van der Waals surface area contributed by atoms with E-state index in [-0.39, 0.29) is 12.4 Å². The van der Waals surface area contributed by atoms with Crippen LogP contribution in [0.15, 0.2) is 0 Å². The average molecular weight is 262 g/mol. The number of unbranched alkanes of at least 4 members (excludes halogenated alkanes) is 13. The first-order chi connectivity index (χ1) is 7.91. The van der Waals surface area contributed by atoms with Crippen molar-refractivity contribution in [2.24, 2.45) is 0 Å². The summed E-state index contributed by atoms with van der Waals surface area (Å²) in [4.78, 5) is 0. The van der Waals surface area contributed by atoms with Crippen LogP contribution in [-0.4, -0.2) is 0 Å². The second-order valence-electron chi connectivity index (χ2n) is 5.10. The van der Waals surface area contributed by atoms with E-state index in [1.165, 1.54) is 83.5 Å². The molecule has 0 rings (SSSR count). The Morgan fingerprint density at radius 2 is 0.824 bits per heavy atom. The topological polar surface area (TPSA) is 0 Å². The fraction of sp³-hybridized carbons (Fsp3) is 0.938. The van der Waals surface area contributed by atoms with Crippen molar-refractivity contribution in [1.82, 2.24) is 0 Å². The minimum Gasteiger partial charge on any atom is -0.147 e. The molecule has 0 spiro atoms. The Bertz CT molecular complexity index is 98.1. The Morgan fingerprint density at radius 1 is 0.529 bits per heavy atom. The predicted octanol–water partition coefficient (Wildman–Crippen LogP) is 6.72. The SMILES string of the molecule is Cl.[CH2]CCCCCCCCCCCCCCC. The lowest BCUT2D eigenvalue weighted by Crippen LogP contribution is -1.82. The largest absolute Gasteiger partial charge is 0.147 e. The van der Waals surface area contributed by atoms with Gasteiger partial charge in [0.2, 0.25) is 0 Å². The molecule has 0 aliphatic carbocycles. The van der Waals surface area contributed by atoms with E-state index >= 15 is 0 Å². The molecule has 0 aliphatic heterocycles. The summed E-state index contributed by atoms with van der Waals surface area (Å²) < 4.78 is 0. The van der Waals surface area contributed by atoms with Gasteiger partial charge in [0.15, 0.2) is 0 Å². The number of rotatable bonds is 13. The van der Waals surface area contributed by atoms with Crippen molar-refractivity contribution in [3.8, 4) is 0 Å². The van der Waals surface area contributed by atoms with Gasteiger partial charge in [-0.1, -0.05) is 104 Å². The highest BCUT2D eigenvalue weighted by atomic mass is 35.5. The molecule has 1 radical (unpaired) electrons. The standard InChI is InChI=1S/C16H33.ClH/c1-3-5-7-9-11-13-15-16-14-12-10-8-6-4-2;/h1,3-16H2,2H3;1H. The summed E-state index contributed by atoms with van der Waals surface area (Å²) in [7, 11) is 0. The molecule has 0 heterocycles. The van der Waals surface area contributed by atoms with Crippen LogP contribution < -0.4 is 0 Å². The lowest BCUT2D eigenvalue weighted by atomic mass is 10.0. The summed E-state index contributed by atoms with van der Waals surface area (Å²) >= 11 is 0. The molecule has 0 aliphatic rings. The quantitative estimate of drug-likeness (QED) is 0.323. The van der Waals surface area contributed by atoms with Gasteiger partial charge < -0.3 is 0 Å². The highest BCUT2D eigenvalue weighted by molar-refractivity contribution is 5.85. The van der Waals surface area contributed by atoms with E-state index in [1.54, 1.807) is 0 Å². The van der Waals surface area contributed by atoms with E-state index in [9.17, 15) is 0 Å². The zero-order valence-electron chi connectivity index (χ0n) is 12.0. The molecule has 1 heteroatoms. The molecule has 0 amide bonds. The molecular formula is C16H34Cl. The van der Waals surface area contributed by atoms with E-state index < -0.39 is 0 Å². The van der Waals surface area contributed by atoms with Gasteiger partial charge in [-0.2, -0.15) is 0 Å². The molecule has 0 unspecified atom stereocenters. The molecule has 0 aromatic heterocycles. The molecule has 0 nitrogen and oxygen atoms in total. The minimum absolute atomic E-state index is 0. The van der Waals surface area contributed by atoms with Crippen LogP contribution in [0.1, 0.15) is 96.8 Å². The average Bonchev–Trinajstić information content (AvgIpc) is 2.31. The van der Waals surface area contributed by atoms with Crippen molar-refractivity contribution >= 4 is 12.4 Å². The Balaban J connectivity index is 0. The molecule has 105 valence electrons. The van der Waals surface area contributed by atoms with Crippen molar-refractivity contribution < 1.29 is 0 Å². The first-order valence-corrected chi connectivity index (χ1v) is 7.71. The molecule has 17 heavy (non-hydrogen) atoms. The molecule has 0 bridgehead atoms. The van der Waals surface area contributed by atoms with Crippen molar-refractivity contribution in [2.45, 2.75) is 96.8 Å². The summed E-state index contributed by atoms with van der Waals surface area (Å²) in [6.07, 6.45) is 19.8. The van der Waals surface area contributed by atoms with Gasteiger partial charge >= 0.3 is 0 Å². The zero-order chi connectivity index (χ0) is 11.9. The van der Waals surface area contributed by atoms with Crippen molar-refractivity contribution in [1.29, 1.82) is 0 Å². The molecular weight excluding hydrogens is 228 g/mol. The highest BCUT2D eigenvalue weighted by Gasteiger charge is 1.92. The van der Waals surface area contributed by atoms with E-state index in [1.807, 2.05) is 0 Å². The third-order valence-corrected chi connectivity index (χ3v) is 3.35. The first kappa shape index (κ1) is 19.6. The number of halogens is 1. The van der Waals surface area contributed by atoms with Crippen LogP contribution in [-0.2, 0) is 0 Å². The fourth-order valence-electron chi connectivity index (χ4n) is 2.19. The summed E-state index contributed by atoms with van der Waals surface area (Å²) in [5.41, 5.74) is 0. The van der Waals surface area contributed by atoms with Crippen LogP contribution in [0.25, 0.3) is 0 Å². The van der Waals surface area contributed by atoms with Gasteiger partial charge in [0.25, 0.3) is 0 Å². The maximum absolute atomic E-state index is 3.87. The second kappa shape index (κ2) is 18.6. The Kier molecular flexibility index (Phi) is 21.5. The van der Waals surface area contributed by atoms with Gasteiger partial charge in [-0.15, -0.1) is 12.4 Å². The third kappa shape index (κ3) is 18.8. The maximum atomic E-state index is 3.87. The van der Waals surface area contributed by atoms with Gasteiger partial charge in [-0.25, -0.2) is 0 Å². The van der Waals surface area contributed by atoms with E-state index in [0.717, 1.165) is 6.42 Å². The van der Waals surface area contributed by atoms with Gasteiger partial charge in [0.1, 0.15) is 0 Å². The van der Waals surface area contributed by atoms with Gasteiger partial charge in [0.05, 0.1) is 0 Å². The van der Waals surface area contributed by atoms with Crippen molar-refractivity contribution in [3.63, 3.8) is 0 Å². The number of hydrogen-bond acceptors (Lipinski definition) is 0. The number of hydrogen-bond donors (Lipinski definition) is 0. The van der Waals surface area contributed by atoms with Crippen LogP contribution in [0.5, 0.6) is 0 Å². The molecule has 0 atom stereocenters. The summed E-state index contributed by atoms with van der Waals surface area (Å²) in [6, 6.07) is 0. The lowest BCUT2D eigenvalue weighted by Gasteiger charge is -2.02. The van der Waals surface area contributed by atoms with Gasteiger partial charge in [-0.3, -0.25) is 0 Å². The molecule has 0 fully saturated rings. The van der Waals surface area contributed by atoms with E-state index in [2.05, 4.69) is 13.8 Å². The lowest BCUT2D eigenvalue weighted by molar-refractivity contribution is 0.540.